The molecule has 2 aliphatic rings. The van der Waals surface area contributed by atoms with E-state index in [0.717, 1.165) is 25.9 Å². The van der Waals surface area contributed by atoms with Gasteiger partial charge in [-0.3, -0.25) is 9.69 Å². The van der Waals surface area contributed by atoms with Crippen LogP contribution in [0.3, 0.4) is 0 Å². The number of pyridine rings is 1. The van der Waals surface area contributed by atoms with Crippen LogP contribution in [0, 0.1) is 5.82 Å². The molecule has 1 saturated heterocycles. The quantitative estimate of drug-likeness (QED) is 0.695. The lowest BCUT2D eigenvalue weighted by atomic mass is 10.1. The summed E-state index contributed by atoms with van der Waals surface area (Å²) in [7, 11) is 0. The zero-order valence-electron chi connectivity index (χ0n) is 16.9. The summed E-state index contributed by atoms with van der Waals surface area (Å²) in [5, 5.41) is 18.1. The first-order chi connectivity index (χ1) is 14.4. The number of rotatable bonds is 6. The summed E-state index contributed by atoms with van der Waals surface area (Å²) in [6.45, 7) is 5.09. The molecule has 2 fully saturated rings. The highest BCUT2D eigenvalue weighted by Crippen LogP contribution is 2.39. The molecule has 0 bridgehead atoms. The second-order valence-corrected chi connectivity index (χ2v) is 8.06. The van der Waals surface area contributed by atoms with E-state index >= 15 is 4.39 Å². The number of carboxylic acid groups (broad SMARTS) is 1. The minimum absolute atomic E-state index is 0.122. The lowest BCUT2D eigenvalue weighted by Crippen LogP contribution is -2.52. The third kappa shape index (κ3) is 3.99. The lowest BCUT2D eigenvalue weighted by molar-refractivity contribution is 0.143. The minimum atomic E-state index is -1.57. The predicted octanol–water partition coefficient (Wildman–Crippen LogP) is 2.43. The fourth-order valence-corrected chi connectivity index (χ4v) is 4.22. The van der Waals surface area contributed by atoms with Gasteiger partial charge in [0.2, 0.25) is 5.43 Å². The Kier molecular flexibility index (Phi) is 5.66. The molecule has 8 nitrogen and oxygen atoms in total. The summed E-state index contributed by atoms with van der Waals surface area (Å²) in [5.41, 5.74) is 0.404. The second-order valence-electron chi connectivity index (χ2n) is 8.06. The molecular formula is C21H26FN3O5. The number of nitrogens with zero attached hydrogens (tertiary/aromatic N) is 3. The molecule has 1 aromatic carbocycles. The van der Waals surface area contributed by atoms with Gasteiger partial charge >= 0.3 is 6.16 Å². The number of hydrogen-bond donors (Lipinski definition) is 2. The van der Waals surface area contributed by atoms with Crippen molar-refractivity contribution in [2.24, 2.45) is 0 Å². The van der Waals surface area contributed by atoms with Crippen molar-refractivity contribution < 1.29 is 24.1 Å². The van der Waals surface area contributed by atoms with Crippen LogP contribution in [0.1, 0.15) is 32.2 Å². The number of halogens is 1. The van der Waals surface area contributed by atoms with Crippen LogP contribution >= 0.6 is 0 Å². The van der Waals surface area contributed by atoms with Gasteiger partial charge in [0.25, 0.3) is 0 Å². The van der Waals surface area contributed by atoms with Gasteiger partial charge in [-0.25, -0.2) is 9.18 Å². The van der Waals surface area contributed by atoms with Crippen LogP contribution in [0.4, 0.5) is 14.9 Å². The summed E-state index contributed by atoms with van der Waals surface area (Å²) in [4.78, 5) is 27.9. The topological polar surface area (TPSA) is 95.2 Å². The zero-order chi connectivity index (χ0) is 21.4. The Hall–Kier alpha value is -2.65. The highest BCUT2D eigenvalue weighted by atomic mass is 19.1. The highest BCUT2D eigenvalue weighted by Gasteiger charge is 2.29. The lowest BCUT2D eigenvalue weighted by Gasteiger charge is -2.41. The molecule has 2 aromatic rings. The Bertz CT molecular complexity index is 1020. The van der Waals surface area contributed by atoms with Crippen LogP contribution in [0.5, 0.6) is 5.75 Å². The molecule has 1 atom stereocenters. The molecule has 1 unspecified atom stereocenters. The average Bonchev–Trinajstić information content (AvgIpc) is 3.54. The van der Waals surface area contributed by atoms with E-state index in [1.807, 2.05) is 9.47 Å². The van der Waals surface area contributed by atoms with E-state index < -0.39 is 17.4 Å². The summed E-state index contributed by atoms with van der Waals surface area (Å²) in [5.74, 6) is -0.814. The molecular weight excluding hydrogens is 393 g/mol. The van der Waals surface area contributed by atoms with E-state index in [1.54, 1.807) is 6.07 Å². The average molecular weight is 419 g/mol. The molecule has 30 heavy (non-hydrogen) atoms. The van der Waals surface area contributed by atoms with Gasteiger partial charge in [0.05, 0.1) is 22.8 Å². The van der Waals surface area contributed by atoms with Crippen LogP contribution in [-0.4, -0.2) is 64.7 Å². The van der Waals surface area contributed by atoms with Gasteiger partial charge in [0.1, 0.15) is 5.82 Å². The van der Waals surface area contributed by atoms with Crippen molar-refractivity contribution in [1.82, 2.24) is 9.47 Å². The molecule has 4 rings (SSSR count). The number of fused-ring (bicyclic) bond motifs is 1. The maximum absolute atomic E-state index is 15.1. The van der Waals surface area contributed by atoms with Crippen molar-refractivity contribution in [2.75, 3.05) is 37.7 Å². The molecule has 1 saturated carbocycles. The number of aliphatic hydroxyl groups is 1. The van der Waals surface area contributed by atoms with Crippen LogP contribution in [-0.2, 0) is 0 Å². The Morgan fingerprint density at radius 1 is 1.30 bits per heavy atom. The molecule has 1 aromatic heterocycles. The van der Waals surface area contributed by atoms with Crippen molar-refractivity contribution in [3.63, 3.8) is 0 Å². The number of anilines is 1. The van der Waals surface area contributed by atoms with E-state index in [1.165, 1.54) is 12.3 Å². The van der Waals surface area contributed by atoms with Gasteiger partial charge < -0.3 is 24.4 Å². The smallest absolute Gasteiger partial charge is 0.449 e. The van der Waals surface area contributed by atoms with Gasteiger partial charge in [0, 0.05) is 44.9 Å². The summed E-state index contributed by atoms with van der Waals surface area (Å²) >= 11 is 0. The first-order valence-electron chi connectivity index (χ1n) is 10.3. The van der Waals surface area contributed by atoms with Gasteiger partial charge in [-0.05, 0) is 38.3 Å². The van der Waals surface area contributed by atoms with E-state index in [4.69, 9.17) is 10.2 Å². The summed E-state index contributed by atoms with van der Waals surface area (Å²) in [6, 6.07) is 3.25. The molecule has 0 spiro atoms. The first-order valence-corrected chi connectivity index (χ1v) is 10.3. The van der Waals surface area contributed by atoms with Crippen molar-refractivity contribution >= 4 is 22.7 Å². The Morgan fingerprint density at radius 2 is 2.07 bits per heavy atom. The van der Waals surface area contributed by atoms with E-state index in [0.29, 0.717) is 30.7 Å². The zero-order valence-corrected chi connectivity index (χ0v) is 16.9. The van der Waals surface area contributed by atoms with E-state index in [2.05, 4.69) is 16.6 Å². The number of benzene rings is 1. The monoisotopic (exact) mass is 419 g/mol. The molecule has 1 aliphatic heterocycles. The highest BCUT2D eigenvalue weighted by molar-refractivity contribution is 5.85. The molecule has 2 N–H and O–H groups in total. The predicted molar refractivity (Wildman–Crippen MR) is 110 cm³/mol. The second kappa shape index (κ2) is 8.23. The van der Waals surface area contributed by atoms with E-state index in [-0.39, 0.29) is 29.8 Å². The molecule has 0 radical (unpaired) electrons. The minimum Gasteiger partial charge on any atom is -0.449 e. The molecule has 9 heteroatoms. The van der Waals surface area contributed by atoms with Gasteiger partial charge in [-0.2, -0.15) is 0 Å². The Balaban J connectivity index is 1.71. The SMILES string of the molecule is CC1CN(c2cc3c(cc2F)c(=O)c(OC(=O)O)cn3C2CC2)CCN1CCCO. The van der Waals surface area contributed by atoms with Crippen molar-refractivity contribution in [3.05, 3.63) is 34.4 Å². The third-order valence-corrected chi connectivity index (χ3v) is 5.91. The van der Waals surface area contributed by atoms with Gasteiger partial charge in [-0.1, -0.05) is 0 Å². The number of hydrogen-bond acceptors (Lipinski definition) is 6. The van der Waals surface area contributed by atoms with Crippen LogP contribution in [0.2, 0.25) is 0 Å². The van der Waals surface area contributed by atoms with Crippen LogP contribution in [0.25, 0.3) is 10.9 Å². The number of aromatic nitrogens is 1. The standard InChI is InChI=1S/C21H26FN3O5/c1-13-11-24(7-6-23(13)5-2-8-26)18-10-17-15(9-16(18)22)20(27)19(30-21(28)29)12-25(17)14-3-4-14/h9-10,12-14,26H,2-8,11H2,1H3,(H,28,29). The van der Waals surface area contributed by atoms with Crippen molar-refractivity contribution in [2.45, 2.75) is 38.3 Å². The maximum Gasteiger partial charge on any atom is 0.511 e. The van der Waals surface area contributed by atoms with Gasteiger partial charge in [-0.15, -0.1) is 0 Å². The number of carbonyl (C=O) groups is 1. The van der Waals surface area contributed by atoms with E-state index in [9.17, 15) is 9.59 Å². The summed E-state index contributed by atoms with van der Waals surface area (Å²) in [6.07, 6.45) is 2.39. The van der Waals surface area contributed by atoms with Gasteiger partial charge in [0.15, 0.2) is 5.75 Å². The normalized spacial score (nSPS) is 20.0. The molecule has 0 amide bonds. The summed E-state index contributed by atoms with van der Waals surface area (Å²) < 4.78 is 21.5. The Morgan fingerprint density at radius 3 is 2.70 bits per heavy atom. The Labute approximate surface area is 173 Å². The maximum atomic E-state index is 15.1. The first kappa shape index (κ1) is 20.6. The number of piperazine rings is 1. The van der Waals surface area contributed by atoms with Crippen molar-refractivity contribution in [3.8, 4) is 5.75 Å². The largest absolute Gasteiger partial charge is 0.511 e. The fraction of sp³-hybridized carbons (Fsp3) is 0.524. The van der Waals surface area contributed by atoms with Crippen LogP contribution < -0.4 is 15.1 Å². The van der Waals surface area contributed by atoms with Crippen LogP contribution in [0.15, 0.2) is 23.1 Å². The molecule has 1 aliphatic carbocycles. The molecule has 2 heterocycles. The third-order valence-electron chi connectivity index (χ3n) is 5.91. The number of aliphatic hydroxyl groups excluding tert-OH is 1. The molecule has 162 valence electrons. The number of ether oxygens (including phenoxy) is 1. The van der Waals surface area contributed by atoms with Crippen molar-refractivity contribution in [1.29, 1.82) is 0 Å². The fourth-order valence-electron chi connectivity index (χ4n) is 4.22.